The van der Waals surface area contributed by atoms with E-state index >= 15 is 0 Å². The number of rotatable bonds is 4. The van der Waals surface area contributed by atoms with Crippen molar-refractivity contribution in [3.63, 3.8) is 0 Å². The molecular weight excluding hydrogens is 228 g/mol. The molecule has 4 N–H and O–H groups in total. The average molecular weight is 240 g/mol. The second-order valence-electron chi connectivity index (χ2n) is 3.60. The molecule has 0 saturated carbocycles. The van der Waals surface area contributed by atoms with E-state index in [0.29, 0.717) is 5.56 Å². The third kappa shape index (κ3) is 2.80. The van der Waals surface area contributed by atoms with Crippen LogP contribution < -0.4 is 0 Å². The highest BCUT2D eigenvalue weighted by Crippen LogP contribution is 2.22. The van der Waals surface area contributed by atoms with Gasteiger partial charge in [0, 0.05) is 0 Å². The van der Waals surface area contributed by atoms with Crippen LogP contribution >= 0.6 is 0 Å². The summed E-state index contributed by atoms with van der Waals surface area (Å²) in [6.07, 6.45) is -3.53. The molecule has 0 saturated heterocycles. The Labute approximate surface area is 96.8 Å². The number of hydrogen-bond donors (Lipinski definition) is 4. The fourth-order valence-electron chi connectivity index (χ4n) is 1.45. The van der Waals surface area contributed by atoms with Gasteiger partial charge in [-0.1, -0.05) is 6.07 Å². The maximum Gasteiger partial charge on any atom is 0.335 e. The highest BCUT2D eigenvalue weighted by atomic mass is 16.4. The number of aromatic carboxylic acids is 1. The Kier molecular flexibility index (Phi) is 3.82. The van der Waals surface area contributed by atoms with E-state index < -0.39 is 24.1 Å². The minimum Gasteiger partial charge on any atom is -0.479 e. The monoisotopic (exact) mass is 240 g/mol. The van der Waals surface area contributed by atoms with Gasteiger partial charge < -0.3 is 20.4 Å². The molecule has 0 aliphatic heterocycles. The molecule has 6 nitrogen and oxygen atoms in total. The van der Waals surface area contributed by atoms with Gasteiger partial charge in [0.05, 0.1) is 5.56 Å². The van der Waals surface area contributed by atoms with Gasteiger partial charge in [0.1, 0.15) is 6.10 Å². The summed E-state index contributed by atoms with van der Waals surface area (Å²) in [4.78, 5) is 21.2. The van der Waals surface area contributed by atoms with Crippen LogP contribution in [0.5, 0.6) is 0 Å². The summed E-state index contributed by atoms with van der Waals surface area (Å²) in [5.41, 5.74) is 0.617. The highest BCUT2D eigenvalue weighted by Gasteiger charge is 2.26. The average Bonchev–Trinajstić information content (AvgIpc) is 2.26. The van der Waals surface area contributed by atoms with Crippen LogP contribution in [0.1, 0.15) is 27.6 Å². The lowest BCUT2D eigenvalue weighted by Crippen LogP contribution is -2.28. The van der Waals surface area contributed by atoms with Crippen LogP contribution in [0.3, 0.4) is 0 Å². The lowest BCUT2D eigenvalue weighted by atomic mass is 9.97. The number of carboxylic acids is 2. The Morgan fingerprint density at radius 1 is 1.18 bits per heavy atom. The van der Waals surface area contributed by atoms with E-state index in [1.54, 1.807) is 0 Å². The number of benzene rings is 1. The van der Waals surface area contributed by atoms with Crippen LogP contribution in [0.15, 0.2) is 18.2 Å². The minimum atomic E-state index is -1.94. The van der Waals surface area contributed by atoms with Crippen LogP contribution in [0.4, 0.5) is 0 Å². The van der Waals surface area contributed by atoms with Crippen LogP contribution in [0.2, 0.25) is 0 Å². The number of aliphatic hydroxyl groups is 2. The first kappa shape index (κ1) is 13.1. The van der Waals surface area contributed by atoms with Crippen LogP contribution in [0, 0.1) is 6.92 Å². The first-order valence-electron chi connectivity index (χ1n) is 4.77. The number of hydrogen-bond acceptors (Lipinski definition) is 4. The van der Waals surface area contributed by atoms with E-state index in [1.165, 1.54) is 25.1 Å². The highest BCUT2D eigenvalue weighted by molar-refractivity contribution is 5.88. The van der Waals surface area contributed by atoms with E-state index in [1.807, 2.05) is 0 Å². The second-order valence-corrected chi connectivity index (χ2v) is 3.60. The van der Waals surface area contributed by atoms with Crippen molar-refractivity contribution in [3.8, 4) is 0 Å². The largest absolute Gasteiger partial charge is 0.479 e. The predicted octanol–water partition coefficient (Wildman–Crippen LogP) is 0.172. The zero-order chi connectivity index (χ0) is 13.2. The van der Waals surface area contributed by atoms with Crippen molar-refractivity contribution in [2.75, 3.05) is 0 Å². The molecule has 0 aliphatic carbocycles. The summed E-state index contributed by atoms with van der Waals surface area (Å²) in [5.74, 6) is -2.66. The number of carboxylic acid groups (broad SMARTS) is 2. The van der Waals surface area contributed by atoms with Gasteiger partial charge in [-0.2, -0.15) is 0 Å². The van der Waals surface area contributed by atoms with E-state index in [4.69, 9.17) is 10.2 Å². The number of aliphatic carboxylic acids is 1. The summed E-state index contributed by atoms with van der Waals surface area (Å²) in [6, 6.07) is 3.83. The van der Waals surface area contributed by atoms with Gasteiger partial charge in [0.25, 0.3) is 0 Å². The number of aryl methyl sites for hydroxylation is 1. The molecule has 0 amide bonds. The molecule has 0 bridgehead atoms. The van der Waals surface area contributed by atoms with Gasteiger partial charge in [0.2, 0.25) is 0 Å². The van der Waals surface area contributed by atoms with Crippen LogP contribution in [0.25, 0.3) is 0 Å². The van der Waals surface area contributed by atoms with Crippen molar-refractivity contribution >= 4 is 11.9 Å². The molecule has 1 aromatic rings. The van der Waals surface area contributed by atoms with Gasteiger partial charge in [-0.05, 0) is 30.2 Å². The summed E-state index contributed by atoms with van der Waals surface area (Å²) in [5, 5.41) is 36.1. The molecule has 0 radical (unpaired) electrons. The zero-order valence-corrected chi connectivity index (χ0v) is 8.99. The van der Waals surface area contributed by atoms with E-state index in [9.17, 15) is 19.8 Å². The molecule has 0 aromatic heterocycles. The van der Waals surface area contributed by atoms with Crippen LogP contribution in [-0.2, 0) is 4.79 Å². The molecule has 17 heavy (non-hydrogen) atoms. The summed E-state index contributed by atoms with van der Waals surface area (Å²) >= 11 is 0. The van der Waals surface area contributed by atoms with Crippen molar-refractivity contribution in [1.29, 1.82) is 0 Å². The summed E-state index contributed by atoms with van der Waals surface area (Å²) < 4.78 is 0. The standard InChI is InChI=1S/C11H12O6/c1-5-4-6(10(14)15)2-3-7(5)8(12)9(13)11(16)17/h2-4,8-9,12-13H,1H3,(H,14,15)(H,16,17). The molecule has 6 heteroatoms. The maximum atomic E-state index is 10.7. The smallest absolute Gasteiger partial charge is 0.335 e. The van der Waals surface area contributed by atoms with Crippen LogP contribution in [-0.4, -0.2) is 38.5 Å². The van der Waals surface area contributed by atoms with Crippen molar-refractivity contribution < 1.29 is 30.0 Å². The summed E-state index contributed by atoms with van der Waals surface area (Å²) in [6.45, 7) is 1.53. The lowest BCUT2D eigenvalue weighted by molar-refractivity contribution is -0.153. The molecule has 0 spiro atoms. The maximum absolute atomic E-state index is 10.7. The van der Waals surface area contributed by atoms with Crippen molar-refractivity contribution in [1.82, 2.24) is 0 Å². The topological polar surface area (TPSA) is 115 Å². The molecular formula is C11H12O6. The quantitative estimate of drug-likeness (QED) is 0.596. The fraction of sp³-hybridized carbons (Fsp3) is 0.273. The van der Waals surface area contributed by atoms with Gasteiger partial charge in [-0.25, -0.2) is 9.59 Å². The predicted molar refractivity (Wildman–Crippen MR) is 56.7 cm³/mol. The van der Waals surface area contributed by atoms with Crippen molar-refractivity contribution in [2.24, 2.45) is 0 Å². The van der Waals surface area contributed by atoms with Gasteiger partial charge >= 0.3 is 11.9 Å². The molecule has 2 atom stereocenters. The van der Waals surface area contributed by atoms with E-state index in [2.05, 4.69) is 0 Å². The van der Waals surface area contributed by atoms with Gasteiger partial charge in [0.15, 0.2) is 6.10 Å². The Hall–Kier alpha value is -1.92. The molecule has 2 unspecified atom stereocenters. The van der Waals surface area contributed by atoms with E-state index in [-0.39, 0.29) is 11.1 Å². The Morgan fingerprint density at radius 3 is 2.18 bits per heavy atom. The van der Waals surface area contributed by atoms with Gasteiger partial charge in [-0.3, -0.25) is 0 Å². The minimum absolute atomic E-state index is 0.0308. The second kappa shape index (κ2) is 4.94. The molecule has 1 aromatic carbocycles. The third-order valence-corrected chi connectivity index (χ3v) is 2.39. The molecule has 0 fully saturated rings. The van der Waals surface area contributed by atoms with Crippen molar-refractivity contribution in [2.45, 2.75) is 19.1 Å². The first-order chi connectivity index (χ1) is 7.84. The van der Waals surface area contributed by atoms with E-state index in [0.717, 1.165) is 0 Å². The lowest BCUT2D eigenvalue weighted by Gasteiger charge is -2.16. The Bertz CT molecular complexity index is 453. The fourth-order valence-corrected chi connectivity index (χ4v) is 1.45. The third-order valence-electron chi connectivity index (χ3n) is 2.39. The summed E-state index contributed by atoms with van der Waals surface area (Å²) in [7, 11) is 0. The normalized spacial score (nSPS) is 14.1. The Balaban J connectivity index is 3.08. The molecule has 0 aliphatic rings. The molecule has 1 rings (SSSR count). The Morgan fingerprint density at radius 2 is 1.76 bits per heavy atom. The SMILES string of the molecule is Cc1cc(C(=O)O)ccc1C(O)C(O)C(=O)O. The zero-order valence-electron chi connectivity index (χ0n) is 8.99. The van der Waals surface area contributed by atoms with Gasteiger partial charge in [-0.15, -0.1) is 0 Å². The first-order valence-corrected chi connectivity index (χ1v) is 4.77. The molecule has 0 heterocycles. The number of aliphatic hydroxyl groups excluding tert-OH is 2. The molecule has 92 valence electrons. The van der Waals surface area contributed by atoms with Crippen molar-refractivity contribution in [3.05, 3.63) is 34.9 Å². The number of carbonyl (C=O) groups is 2.